The van der Waals surface area contributed by atoms with Crippen molar-refractivity contribution in [3.63, 3.8) is 0 Å². The molecule has 0 saturated carbocycles. The molecule has 0 bridgehead atoms. The van der Waals surface area contributed by atoms with E-state index in [4.69, 9.17) is 27.9 Å². The van der Waals surface area contributed by atoms with Crippen LogP contribution in [0.3, 0.4) is 0 Å². The van der Waals surface area contributed by atoms with Crippen LogP contribution in [0.1, 0.15) is 24.8 Å². The number of benzene rings is 2. The molecule has 0 spiro atoms. The molecule has 4 rings (SSSR count). The highest BCUT2D eigenvalue weighted by molar-refractivity contribution is 8.18. The van der Waals surface area contributed by atoms with Crippen molar-refractivity contribution in [3.8, 4) is 11.5 Å². The summed E-state index contributed by atoms with van der Waals surface area (Å²) in [5.41, 5.74) is 0.760. The summed E-state index contributed by atoms with van der Waals surface area (Å²) < 4.78 is 5.79. The Morgan fingerprint density at radius 1 is 1.00 bits per heavy atom. The average Bonchev–Trinajstić information content (AvgIpc) is 3.07. The van der Waals surface area contributed by atoms with E-state index in [9.17, 15) is 4.79 Å². The Balaban J connectivity index is 1.47. The number of halogens is 2. The first-order valence-electron chi connectivity index (χ1n) is 9.09. The molecule has 0 radical (unpaired) electrons. The van der Waals surface area contributed by atoms with Crippen molar-refractivity contribution in [3.05, 3.63) is 63.0 Å². The Morgan fingerprint density at radius 3 is 2.43 bits per heavy atom. The highest BCUT2D eigenvalue weighted by atomic mass is 35.5. The van der Waals surface area contributed by atoms with Gasteiger partial charge in [-0.05, 0) is 85.1 Å². The quantitative estimate of drug-likeness (QED) is 0.538. The number of thioether (sulfide) groups is 1. The Kier molecular flexibility index (Phi) is 5.95. The Hall–Kier alpha value is -1.95. The minimum atomic E-state index is -0.205. The zero-order chi connectivity index (χ0) is 19.5. The number of rotatable bonds is 3. The number of aliphatic imine (C=N–C) groups is 1. The molecule has 0 atom stereocenters. The number of likely N-dealkylation sites (tertiary alicyclic amines) is 1. The van der Waals surface area contributed by atoms with Crippen molar-refractivity contribution < 1.29 is 9.53 Å². The van der Waals surface area contributed by atoms with E-state index in [1.807, 2.05) is 12.1 Å². The second kappa shape index (κ2) is 8.60. The fourth-order valence-electron chi connectivity index (χ4n) is 3.09. The summed E-state index contributed by atoms with van der Waals surface area (Å²) in [6.07, 6.45) is 5.33. The molecule has 1 fully saturated rings. The Bertz CT molecular complexity index is 951. The van der Waals surface area contributed by atoms with Gasteiger partial charge in [-0.3, -0.25) is 4.79 Å². The average molecular weight is 433 g/mol. The predicted octanol–water partition coefficient (Wildman–Crippen LogP) is 6.24. The van der Waals surface area contributed by atoms with Gasteiger partial charge in [-0.2, -0.15) is 4.99 Å². The van der Waals surface area contributed by atoms with Gasteiger partial charge in [0.2, 0.25) is 0 Å². The maximum atomic E-state index is 12.3. The van der Waals surface area contributed by atoms with Crippen LogP contribution in [0.4, 0.5) is 0 Å². The van der Waals surface area contributed by atoms with Crippen molar-refractivity contribution in [1.29, 1.82) is 0 Å². The zero-order valence-electron chi connectivity index (χ0n) is 15.0. The summed E-state index contributed by atoms with van der Waals surface area (Å²) in [6.45, 7) is 1.92. The van der Waals surface area contributed by atoms with Crippen LogP contribution in [-0.4, -0.2) is 29.1 Å². The van der Waals surface area contributed by atoms with Gasteiger partial charge in [0.15, 0.2) is 5.17 Å². The SMILES string of the molecule is O=C1N=C(N2CCCCC2)S/C1=C/c1ccc(Oc2ccc(Cl)cc2)cc1Cl. The lowest BCUT2D eigenvalue weighted by Gasteiger charge is -2.27. The summed E-state index contributed by atoms with van der Waals surface area (Å²) in [5, 5.41) is 1.96. The number of hydrogen-bond donors (Lipinski definition) is 0. The van der Waals surface area contributed by atoms with E-state index in [0.29, 0.717) is 26.4 Å². The molecule has 2 aromatic rings. The highest BCUT2D eigenvalue weighted by Crippen LogP contribution is 2.34. The molecule has 2 heterocycles. The van der Waals surface area contributed by atoms with E-state index in [2.05, 4.69) is 9.89 Å². The van der Waals surface area contributed by atoms with Crippen LogP contribution in [-0.2, 0) is 4.79 Å². The molecule has 0 aliphatic carbocycles. The first-order chi connectivity index (χ1) is 13.6. The van der Waals surface area contributed by atoms with Crippen LogP contribution in [0, 0.1) is 0 Å². The van der Waals surface area contributed by atoms with Crippen LogP contribution < -0.4 is 4.74 Å². The highest BCUT2D eigenvalue weighted by Gasteiger charge is 2.27. The summed E-state index contributed by atoms with van der Waals surface area (Å²) in [4.78, 5) is 19.3. The van der Waals surface area contributed by atoms with Crippen molar-refractivity contribution >= 4 is 52.1 Å². The van der Waals surface area contributed by atoms with Gasteiger partial charge in [-0.25, -0.2) is 0 Å². The summed E-state index contributed by atoms with van der Waals surface area (Å²) in [6, 6.07) is 12.5. The second-order valence-electron chi connectivity index (χ2n) is 6.60. The van der Waals surface area contributed by atoms with Crippen LogP contribution in [0.2, 0.25) is 10.0 Å². The molecule has 4 nitrogen and oxygen atoms in total. The van der Waals surface area contributed by atoms with Gasteiger partial charge in [0.25, 0.3) is 5.91 Å². The molecule has 0 aromatic heterocycles. The van der Waals surface area contributed by atoms with Gasteiger partial charge in [0.05, 0.1) is 9.93 Å². The fourth-order valence-corrected chi connectivity index (χ4v) is 4.39. The first-order valence-corrected chi connectivity index (χ1v) is 10.7. The molecule has 2 aliphatic heterocycles. The molecule has 1 amide bonds. The molecular formula is C21H18Cl2N2O2S. The van der Waals surface area contributed by atoms with E-state index < -0.39 is 0 Å². The molecule has 144 valence electrons. The molecule has 1 saturated heterocycles. The first kappa shape index (κ1) is 19.4. The Labute approximate surface area is 178 Å². The van der Waals surface area contributed by atoms with Crippen LogP contribution in [0.15, 0.2) is 52.4 Å². The monoisotopic (exact) mass is 432 g/mol. The van der Waals surface area contributed by atoms with Crippen molar-refractivity contribution in [1.82, 2.24) is 4.90 Å². The number of piperidine rings is 1. The maximum absolute atomic E-state index is 12.3. The van der Waals surface area contributed by atoms with Gasteiger partial charge >= 0.3 is 0 Å². The van der Waals surface area contributed by atoms with Gasteiger partial charge in [0.1, 0.15) is 11.5 Å². The molecule has 2 aliphatic rings. The van der Waals surface area contributed by atoms with Gasteiger partial charge in [-0.1, -0.05) is 23.2 Å². The third kappa shape index (κ3) is 4.54. The molecular weight excluding hydrogens is 415 g/mol. The normalized spacial score (nSPS) is 18.5. The molecule has 0 N–H and O–H groups in total. The van der Waals surface area contributed by atoms with Crippen molar-refractivity contribution in [2.75, 3.05) is 13.1 Å². The lowest BCUT2D eigenvalue weighted by atomic mass is 10.1. The number of hydrogen-bond acceptors (Lipinski definition) is 4. The van der Waals surface area contributed by atoms with E-state index in [1.165, 1.54) is 18.2 Å². The topological polar surface area (TPSA) is 41.9 Å². The van der Waals surface area contributed by atoms with Crippen molar-refractivity contribution in [2.45, 2.75) is 19.3 Å². The van der Waals surface area contributed by atoms with Crippen LogP contribution in [0.5, 0.6) is 11.5 Å². The van der Waals surface area contributed by atoms with E-state index in [1.54, 1.807) is 36.4 Å². The smallest absolute Gasteiger partial charge is 0.286 e. The van der Waals surface area contributed by atoms with Gasteiger partial charge in [0, 0.05) is 18.1 Å². The number of nitrogens with zero attached hydrogens (tertiary/aromatic N) is 2. The maximum Gasteiger partial charge on any atom is 0.286 e. The molecule has 28 heavy (non-hydrogen) atoms. The standard InChI is InChI=1S/C21H18Cl2N2O2S/c22-15-5-8-16(9-6-15)27-17-7-4-14(18(23)13-17)12-19-20(26)24-21(28-19)25-10-2-1-3-11-25/h4-9,12-13H,1-3,10-11H2/b19-12+. The summed E-state index contributed by atoms with van der Waals surface area (Å²) in [5.74, 6) is 1.08. The summed E-state index contributed by atoms with van der Waals surface area (Å²) >= 11 is 13.7. The number of ether oxygens (including phenoxy) is 1. The minimum absolute atomic E-state index is 0.205. The minimum Gasteiger partial charge on any atom is -0.457 e. The Morgan fingerprint density at radius 2 is 1.71 bits per heavy atom. The third-order valence-corrected chi connectivity index (χ3v) is 6.17. The van der Waals surface area contributed by atoms with Crippen LogP contribution in [0.25, 0.3) is 6.08 Å². The van der Waals surface area contributed by atoms with Crippen LogP contribution >= 0.6 is 35.0 Å². The molecule has 2 aromatic carbocycles. The number of amides is 1. The van der Waals surface area contributed by atoms with Crippen molar-refractivity contribution in [2.24, 2.45) is 4.99 Å². The lowest BCUT2D eigenvalue weighted by Crippen LogP contribution is -2.33. The predicted molar refractivity (Wildman–Crippen MR) is 116 cm³/mol. The largest absolute Gasteiger partial charge is 0.457 e. The van der Waals surface area contributed by atoms with E-state index >= 15 is 0 Å². The number of carbonyl (C=O) groups excluding carboxylic acids is 1. The fraction of sp³-hybridized carbons (Fsp3) is 0.238. The third-order valence-electron chi connectivity index (χ3n) is 4.54. The lowest BCUT2D eigenvalue weighted by molar-refractivity contribution is -0.113. The summed E-state index contributed by atoms with van der Waals surface area (Å²) in [7, 11) is 0. The molecule has 0 unspecified atom stereocenters. The van der Waals surface area contributed by atoms with Gasteiger partial charge < -0.3 is 9.64 Å². The van der Waals surface area contributed by atoms with E-state index in [-0.39, 0.29) is 5.91 Å². The number of amidine groups is 1. The van der Waals surface area contributed by atoms with Gasteiger partial charge in [-0.15, -0.1) is 0 Å². The second-order valence-corrected chi connectivity index (χ2v) is 8.45. The zero-order valence-corrected chi connectivity index (χ0v) is 17.4. The number of carbonyl (C=O) groups is 1. The van der Waals surface area contributed by atoms with E-state index in [0.717, 1.165) is 36.7 Å². The molecule has 7 heteroatoms.